The number of aliphatic hydroxyl groups is 1. The highest BCUT2D eigenvalue weighted by Gasteiger charge is 2.46. The fraction of sp³-hybridized carbons (Fsp3) is 0.364. The van der Waals surface area contributed by atoms with Crippen molar-refractivity contribution in [3.8, 4) is 5.88 Å². The lowest BCUT2D eigenvalue weighted by molar-refractivity contribution is 0.0248. The number of nitrogens with zero attached hydrogens (tertiary/aromatic N) is 4. The van der Waals surface area contributed by atoms with Gasteiger partial charge in [0.15, 0.2) is 5.78 Å². The molecular formula is C22H25FN6O6S. The van der Waals surface area contributed by atoms with Crippen LogP contribution >= 0.6 is 0 Å². The summed E-state index contributed by atoms with van der Waals surface area (Å²) < 4.78 is 51.8. The lowest BCUT2D eigenvalue weighted by Gasteiger charge is -2.17. The van der Waals surface area contributed by atoms with Crippen LogP contribution < -0.4 is 14.8 Å². The van der Waals surface area contributed by atoms with Crippen molar-refractivity contribution in [2.24, 2.45) is 0 Å². The Morgan fingerprint density at radius 3 is 2.89 bits per heavy atom. The minimum absolute atomic E-state index is 0.0502. The third-order valence-electron chi connectivity index (χ3n) is 5.70. The van der Waals surface area contributed by atoms with Gasteiger partial charge in [-0.1, -0.05) is 6.07 Å². The first-order valence-corrected chi connectivity index (χ1v) is 12.3. The minimum atomic E-state index is -4.14. The van der Waals surface area contributed by atoms with Crippen LogP contribution in [0.3, 0.4) is 0 Å². The Balaban J connectivity index is 1.49. The van der Waals surface area contributed by atoms with E-state index in [0.717, 1.165) is 12.7 Å². The molecule has 3 aromatic heterocycles. The van der Waals surface area contributed by atoms with E-state index in [1.807, 2.05) is 16.9 Å². The van der Waals surface area contributed by atoms with E-state index < -0.39 is 40.5 Å². The molecule has 192 valence electrons. The van der Waals surface area contributed by atoms with E-state index in [-0.39, 0.29) is 17.8 Å². The fourth-order valence-corrected chi connectivity index (χ4v) is 4.48. The van der Waals surface area contributed by atoms with Gasteiger partial charge in [-0.2, -0.15) is 13.1 Å². The largest absolute Gasteiger partial charge is 0.481 e. The van der Waals surface area contributed by atoms with Gasteiger partial charge in [0, 0.05) is 43.7 Å². The lowest BCUT2D eigenvalue weighted by atomic mass is 10.1. The first-order valence-electron chi connectivity index (χ1n) is 10.9. The van der Waals surface area contributed by atoms with Crippen LogP contribution in [0.2, 0.25) is 0 Å². The monoisotopic (exact) mass is 520 g/mol. The third-order valence-corrected chi connectivity index (χ3v) is 6.71. The van der Waals surface area contributed by atoms with Gasteiger partial charge in [0.05, 0.1) is 31.0 Å². The topological polar surface area (TPSA) is 158 Å². The number of hydrogen-bond donors (Lipinski definition) is 3. The van der Waals surface area contributed by atoms with Crippen molar-refractivity contribution >= 4 is 21.9 Å². The number of halogens is 1. The van der Waals surface area contributed by atoms with Crippen LogP contribution in [0.1, 0.15) is 28.0 Å². The van der Waals surface area contributed by atoms with Crippen LogP contribution in [0, 0.1) is 0 Å². The van der Waals surface area contributed by atoms with Gasteiger partial charge in [-0.25, -0.2) is 19.3 Å². The number of carbonyl (C=O) groups excluding carboxylic acids is 1. The van der Waals surface area contributed by atoms with Gasteiger partial charge in [0.1, 0.15) is 30.5 Å². The number of anilines is 1. The molecule has 0 bridgehead atoms. The summed E-state index contributed by atoms with van der Waals surface area (Å²) in [5, 5.41) is 12.9. The molecule has 14 heteroatoms. The van der Waals surface area contributed by atoms with Crippen molar-refractivity contribution < 1.29 is 31.6 Å². The quantitative estimate of drug-likeness (QED) is 0.325. The van der Waals surface area contributed by atoms with Crippen LogP contribution in [-0.4, -0.2) is 77.4 Å². The van der Waals surface area contributed by atoms with Crippen LogP contribution in [0.4, 0.5) is 10.2 Å². The molecular weight excluding hydrogens is 495 g/mol. The second kappa shape index (κ2) is 10.7. The van der Waals surface area contributed by atoms with E-state index >= 15 is 0 Å². The zero-order chi connectivity index (χ0) is 25.9. The number of aromatic nitrogens is 4. The molecule has 3 N–H and O–H groups in total. The Kier molecular flexibility index (Phi) is 7.59. The summed E-state index contributed by atoms with van der Waals surface area (Å²) in [4.78, 5) is 25.5. The molecule has 1 fully saturated rings. The predicted molar refractivity (Wildman–Crippen MR) is 126 cm³/mol. The van der Waals surface area contributed by atoms with E-state index in [1.54, 1.807) is 29.1 Å². The lowest BCUT2D eigenvalue weighted by Crippen LogP contribution is -2.35. The maximum atomic E-state index is 14.8. The molecule has 0 unspecified atom stereocenters. The molecule has 1 aliphatic carbocycles. The maximum absolute atomic E-state index is 14.8. The number of pyridine rings is 1. The van der Waals surface area contributed by atoms with Crippen molar-refractivity contribution in [3.63, 3.8) is 0 Å². The van der Waals surface area contributed by atoms with Gasteiger partial charge in [-0.15, -0.1) is 0 Å². The molecule has 36 heavy (non-hydrogen) atoms. The van der Waals surface area contributed by atoms with Gasteiger partial charge < -0.3 is 19.7 Å². The van der Waals surface area contributed by atoms with E-state index in [9.17, 15) is 22.7 Å². The normalized spacial score (nSPS) is 21.9. The Labute approximate surface area is 206 Å². The fourth-order valence-electron chi connectivity index (χ4n) is 3.87. The number of nitrogens with one attached hydrogen (secondary N) is 2. The second-order valence-corrected chi connectivity index (χ2v) is 9.58. The number of carbonyl (C=O) groups is 1. The molecule has 0 saturated heterocycles. The van der Waals surface area contributed by atoms with Crippen molar-refractivity contribution in [1.82, 2.24) is 24.2 Å². The molecule has 0 amide bonds. The van der Waals surface area contributed by atoms with E-state index in [4.69, 9.17) is 8.92 Å². The molecule has 0 aromatic carbocycles. The van der Waals surface area contributed by atoms with Gasteiger partial charge in [-0.05, 0) is 12.1 Å². The van der Waals surface area contributed by atoms with Crippen molar-refractivity contribution in [2.75, 3.05) is 19.5 Å². The van der Waals surface area contributed by atoms with Crippen molar-refractivity contribution in [1.29, 1.82) is 0 Å². The smallest absolute Gasteiger partial charge is 0.335 e. The molecule has 4 atom stereocenters. The van der Waals surface area contributed by atoms with Crippen LogP contribution in [0.25, 0.3) is 0 Å². The Morgan fingerprint density at radius 1 is 1.33 bits per heavy atom. The second-order valence-electron chi connectivity index (χ2n) is 8.07. The molecule has 12 nitrogen and oxygen atoms in total. The van der Waals surface area contributed by atoms with Gasteiger partial charge >= 0.3 is 10.3 Å². The summed E-state index contributed by atoms with van der Waals surface area (Å²) in [5.74, 6) is 0.122. The number of aliphatic hydroxyl groups excluding tert-OH is 1. The molecule has 1 aliphatic rings. The van der Waals surface area contributed by atoms with Crippen LogP contribution in [-0.2, 0) is 21.0 Å². The summed E-state index contributed by atoms with van der Waals surface area (Å²) in [5.41, 5.74) is 1.17. The SMILES string of the molecule is CNS(=O)(=O)O[C@@H]1C[C@@H](Nc2ncncc2C(=O)c2ccn(Cc3cccc(OC)n3)c2)[C@@H](F)[C@@H]1O. The molecule has 3 aromatic rings. The molecule has 0 spiro atoms. The Hall–Kier alpha value is -3.46. The minimum Gasteiger partial charge on any atom is -0.481 e. The highest BCUT2D eigenvalue weighted by Crippen LogP contribution is 2.30. The highest BCUT2D eigenvalue weighted by atomic mass is 32.2. The molecule has 3 heterocycles. The van der Waals surface area contributed by atoms with Crippen molar-refractivity contribution in [3.05, 3.63) is 66.0 Å². The van der Waals surface area contributed by atoms with Gasteiger partial charge in [-0.3, -0.25) is 8.98 Å². The van der Waals surface area contributed by atoms with Crippen molar-refractivity contribution in [2.45, 2.75) is 37.4 Å². The summed E-state index contributed by atoms with van der Waals surface area (Å²) in [6.45, 7) is 0.404. The van der Waals surface area contributed by atoms with Crippen LogP contribution in [0.5, 0.6) is 5.88 Å². The van der Waals surface area contributed by atoms with Crippen LogP contribution in [0.15, 0.2) is 49.2 Å². The number of rotatable bonds is 10. The first kappa shape index (κ1) is 25.6. The molecule has 0 aliphatic heterocycles. The molecule has 4 rings (SSSR count). The first-order chi connectivity index (χ1) is 17.2. The van der Waals surface area contributed by atoms with E-state index in [2.05, 4.69) is 20.3 Å². The zero-order valence-corrected chi connectivity index (χ0v) is 20.2. The van der Waals surface area contributed by atoms with Gasteiger partial charge in [0.25, 0.3) is 0 Å². The molecule has 1 saturated carbocycles. The maximum Gasteiger partial charge on any atom is 0.335 e. The van der Waals surface area contributed by atoms with Gasteiger partial charge in [0.2, 0.25) is 5.88 Å². The standard InChI is InChI=1S/C22H25FN6O6S/c1-24-36(32,33)35-17-8-16(19(23)21(17)31)28-22-15(9-25-12-26-22)20(30)13-6-7-29(10-13)11-14-4-3-5-18(27-14)34-2/h3-7,9-10,12,16-17,19,21,24,31H,8,11H2,1-2H3,(H,25,26,28)/t16-,17-,19-,21-/m1/s1. The third kappa shape index (κ3) is 5.67. The number of ketones is 1. The highest BCUT2D eigenvalue weighted by molar-refractivity contribution is 7.84. The summed E-state index contributed by atoms with van der Waals surface area (Å²) in [6, 6.07) is 5.96. The number of alkyl halides is 1. The molecule has 0 radical (unpaired) electrons. The average Bonchev–Trinajstić information content (AvgIpc) is 3.44. The summed E-state index contributed by atoms with van der Waals surface area (Å²) in [7, 11) is -1.47. The summed E-state index contributed by atoms with van der Waals surface area (Å²) in [6.07, 6.45) is 0.820. The number of hydrogen-bond acceptors (Lipinski definition) is 10. The number of methoxy groups -OCH3 is 1. The van der Waals surface area contributed by atoms with E-state index in [1.165, 1.54) is 19.6 Å². The number of ether oxygens (including phenoxy) is 1. The predicted octanol–water partition coefficient (Wildman–Crippen LogP) is 0.694. The summed E-state index contributed by atoms with van der Waals surface area (Å²) >= 11 is 0. The average molecular weight is 521 g/mol. The van der Waals surface area contributed by atoms with E-state index in [0.29, 0.717) is 18.0 Å². The Morgan fingerprint density at radius 2 is 2.14 bits per heavy atom. The Bertz CT molecular complexity index is 1340. The zero-order valence-electron chi connectivity index (χ0n) is 19.4.